The first kappa shape index (κ1) is 20.8. The Morgan fingerprint density at radius 2 is 1.81 bits per heavy atom. The first-order valence-corrected chi connectivity index (χ1v) is 9.25. The normalized spacial score (nSPS) is 11.6. The lowest BCUT2D eigenvalue weighted by molar-refractivity contribution is -0.122. The van der Waals surface area contributed by atoms with Crippen molar-refractivity contribution in [3.8, 4) is 5.75 Å². The number of ether oxygens (including phenoxy) is 2. The maximum absolute atomic E-state index is 12.6. The molecule has 0 spiro atoms. The number of carbonyl (C=O) groups is 2. The number of nitrogens with one attached hydrogen (secondary N) is 1. The van der Waals surface area contributed by atoms with Gasteiger partial charge in [0.25, 0.3) is 5.91 Å². The summed E-state index contributed by atoms with van der Waals surface area (Å²) in [7, 11) is 0. The van der Waals surface area contributed by atoms with Crippen molar-refractivity contribution in [3.05, 3.63) is 58.1 Å². The van der Waals surface area contributed by atoms with Gasteiger partial charge in [-0.1, -0.05) is 24.6 Å². The van der Waals surface area contributed by atoms with Crippen molar-refractivity contribution in [1.82, 2.24) is 0 Å². The summed E-state index contributed by atoms with van der Waals surface area (Å²) in [5.41, 5.74) is 2.92. The fourth-order valence-corrected chi connectivity index (χ4v) is 2.66. The Labute approximate surface area is 164 Å². The lowest BCUT2D eigenvalue weighted by Gasteiger charge is -2.18. The average molecular weight is 390 g/mol. The summed E-state index contributed by atoms with van der Waals surface area (Å²) < 4.78 is 10.8. The van der Waals surface area contributed by atoms with Crippen molar-refractivity contribution in [2.45, 2.75) is 40.2 Å². The van der Waals surface area contributed by atoms with E-state index in [1.54, 1.807) is 19.1 Å². The average Bonchev–Trinajstić information content (AvgIpc) is 2.64. The first-order chi connectivity index (χ1) is 12.8. The van der Waals surface area contributed by atoms with Gasteiger partial charge in [-0.15, -0.1) is 0 Å². The van der Waals surface area contributed by atoms with Crippen LogP contribution in [0, 0.1) is 13.8 Å². The Morgan fingerprint density at radius 1 is 1.07 bits per heavy atom. The standard InChI is InChI=1S/C21H24ClNO4/c1-5-19(27-16-9-7-13(3)14(4)11-16)20(24)23-15-8-10-18(22)17(12-15)21(25)26-6-2/h7-12,19H,5-6H2,1-4H3,(H,23,24)/t19-/m1/s1. The fraction of sp³-hybridized carbons (Fsp3) is 0.333. The number of esters is 1. The summed E-state index contributed by atoms with van der Waals surface area (Å²) in [5.74, 6) is -0.187. The zero-order valence-electron chi connectivity index (χ0n) is 16.0. The quantitative estimate of drug-likeness (QED) is 0.682. The van der Waals surface area contributed by atoms with Crippen molar-refractivity contribution in [2.24, 2.45) is 0 Å². The monoisotopic (exact) mass is 389 g/mol. The van der Waals surface area contributed by atoms with Crippen LogP contribution in [-0.2, 0) is 9.53 Å². The van der Waals surface area contributed by atoms with Gasteiger partial charge in [0.15, 0.2) is 6.10 Å². The van der Waals surface area contributed by atoms with E-state index in [0.717, 1.165) is 11.1 Å². The van der Waals surface area contributed by atoms with E-state index in [4.69, 9.17) is 21.1 Å². The number of rotatable bonds is 7. The smallest absolute Gasteiger partial charge is 0.339 e. The number of amides is 1. The van der Waals surface area contributed by atoms with Gasteiger partial charge in [-0.25, -0.2) is 4.79 Å². The van der Waals surface area contributed by atoms with Gasteiger partial charge in [-0.05, 0) is 68.7 Å². The molecule has 0 aliphatic carbocycles. The third kappa shape index (κ3) is 5.47. The van der Waals surface area contributed by atoms with E-state index in [0.29, 0.717) is 17.9 Å². The van der Waals surface area contributed by atoms with Gasteiger partial charge in [-0.3, -0.25) is 4.79 Å². The van der Waals surface area contributed by atoms with Crippen LogP contribution in [0.1, 0.15) is 41.8 Å². The van der Waals surface area contributed by atoms with E-state index in [1.807, 2.05) is 39.0 Å². The van der Waals surface area contributed by atoms with E-state index in [9.17, 15) is 9.59 Å². The molecule has 1 atom stereocenters. The summed E-state index contributed by atoms with van der Waals surface area (Å²) in [6, 6.07) is 10.4. The lowest BCUT2D eigenvalue weighted by Crippen LogP contribution is -2.32. The highest BCUT2D eigenvalue weighted by atomic mass is 35.5. The fourth-order valence-electron chi connectivity index (χ4n) is 2.46. The van der Waals surface area contributed by atoms with Crippen LogP contribution in [0.3, 0.4) is 0 Å². The van der Waals surface area contributed by atoms with Crippen LogP contribution in [0.25, 0.3) is 0 Å². The number of hydrogen-bond acceptors (Lipinski definition) is 4. The number of benzene rings is 2. The molecule has 27 heavy (non-hydrogen) atoms. The second kappa shape index (κ2) is 9.42. The molecule has 0 heterocycles. The molecule has 0 radical (unpaired) electrons. The van der Waals surface area contributed by atoms with Crippen LogP contribution in [0.15, 0.2) is 36.4 Å². The topological polar surface area (TPSA) is 64.6 Å². The number of anilines is 1. The molecule has 2 aromatic rings. The highest BCUT2D eigenvalue weighted by Crippen LogP contribution is 2.23. The molecule has 0 bridgehead atoms. The molecule has 0 fully saturated rings. The van der Waals surface area contributed by atoms with Crippen molar-refractivity contribution in [1.29, 1.82) is 0 Å². The van der Waals surface area contributed by atoms with Crippen molar-refractivity contribution in [2.75, 3.05) is 11.9 Å². The minimum atomic E-state index is -0.658. The highest BCUT2D eigenvalue weighted by molar-refractivity contribution is 6.33. The molecule has 0 saturated carbocycles. The molecule has 0 saturated heterocycles. The van der Waals surface area contributed by atoms with Gasteiger partial charge in [0.1, 0.15) is 5.75 Å². The van der Waals surface area contributed by atoms with Crippen LogP contribution >= 0.6 is 11.6 Å². The van der Waals surface area contributed by atoms with Crippen molar-refractivity contribution >= 4 is 29.2 Å². The van der Waals surface area contributed by atoms with Gasteiger partial charge >= 0.3 is 5.97 Å². The third-order valence-corrected chi connectivity index (χ3v) is 4.48. The van der Waals surface area contributed by atoms with Crippen molar-refractivity contribution < 1.29 is 19.1 Å². The zero-order valence-corrected chi connectivity index (χ0v) is 16.7. The molecule has 5 nitrogen and oxygen atoms in total. The molecule has 6 heteroatoms. The predicted octanol–water partition coefficient (Wildman–Crippen LogP) is 4.93. The summed E-state index contributed by atoms with van der Waals surface area (Å²) >= 11 is 6.05. The van der Waals surface area contributed by atoms with E-state index < -0.39 is 12.1 Å². The van der Waals surface area contributed by atoms with Gasteiger partial charge in [0.2, 0.25) is 0 Å². The lowest BCUT2D eigenvalue weighted by atomic mass is 10.1. The molecule has 1 amide bonds. The molecular formula is C21H24ClNO4. The molecule has 0 unspecified atom stereocenters. The van der Waals surface area contributed by atoms with E-state index in [2.05, 4.69) is 5.32 Å². The molecule has 0 aromatic heterocycles. The van der Waals surface area contributed by atoms with Crippen LogP contribution in [0.2, 0.25) is 5.02 Å². The Kier molecular flexibility index (Phi) is 7.25. The van der Waals surface area contributed by atoms with Crippen LogP contribution < -0.4 is 10.1 Å². The van der Waals surface area contributed by atoms with Gasteiger partial charge in [-0.2, -0.15) is 0 Å². The molecule has 2 aromatic carbocycles. The van der Waals surface area contributed by atoms with Gasteiger partial charge in [0, 0.05) is 5.69 Å². The highest BCUT2D eigenvalue weighted by Gasteiger charge is 2.20. The Bertz CT molecular complexity index is 835. The SMILES string of the molecule is CCOC(=O)c1cc(NC(=O)[C@@H](CC)Oc2ccc(C)c(C)c2)ccc1Cl. The Hall–Kier alpha value is -2.53. The summed E-state index contributed by atoms with van der Waals surface area (Å²) in [6.45, 7) is 7.84. The minimum absolute atomic E-state index is 0.208. The molecule has 1 N–H and O–H groups in total. The zero-order chi connectivity index (χ0) is 20.0. The number of aryl methyl sites for hydroxylation is 2. The van der Waals surface area contributed by atoms with Crippen LogP contribution in [0.5, 0.6) is 5.75 Å². The minimum Gasteiger partial charge on any atom is -0.481 e. The van der Waals surface area contributed by atoms with Crippen LogP contribution in [0.4, 0.5) is 5.69 Å². The largest absolute Gasteiger partial charge is 0.481 e. The number of halogens is 1. The van der Waals surface area contributed by atoms with Crippen molar-refractivity contribution in [3.63, 3.8) is 0 Å². The predicted molar refractivity (Wildman–Crippen MR) is 107 cm³/mol. The Balaban J connectivity index is 2.13. The second-order valence-corrected chi connectivity index (χ2v) is 6.57. The molecular weight excluding hydrogens is 366 g/mol. The Morgan fingerprint density at radius 3 is 2.44 bits per heavy atom. The maximum atomic E-state index is 12.6. The summed E-state index contributed by atoms with van der Waals surface area (Å²) in [4.78, 5) is 24.6. The van der Waals surface area contributed by atoms with E-state index >= 15 is 0 Å². The van der Waals surface area contributed by atoms with Gasteiger partial charge < -0.3 is 14.8 Å². The van der Waals surface area contributed by atoms with E-state index in [1.165, 1.54) is 6.07 Å². The first-order valence-electron chi connectivity index (χ1n) is 8.87. The summed E-state index contributed by atoms with van der Waals surface area (Å²) in [6.07, 6.45) is -0.161. The summed E-state index contributed by atoms with van der Waals surface area (Å²) in [5, 5.41) is 3.04. The van der Waals surface area contributed by atoms with Gasteiger partial charge in [0.05, 0.1) is 17.2 Å². The number of hydrogen-bond donors (Lipinski definition) is 1. The van der Waals surface area contributed by atoms with Crippen LogP contribution in [-0.4, -0.2) is 24.6 Å². The molecule has 2 rings (SSSR count). The molecule has 144 valence electrons. The second-order valence-electron chi connectivity index (χ2n) is 6.17. The molecule has 0 aliphatic rings. The molecule has 0 aliphatic heterocycles. The maximum Gasteiger partial charge on any atom is 0.339 e. The van der Waals surface area contributed by atoms with E-state index in [-0.39, 0.29) is 23.1 Å². The number of carbonyl (C=O) groups excluding carboxylic acids is 2. The third-order valence-electron chi connectivity index (χ3n) is 4.15.